The van der Waals surface area contributed by atoms with Crippen molar-refractivity contribution in [3.8, 4) is 11.1 Å². The highest BCUT2D eigenvalue weighted by Gasteiger charge is 2.52. The van der Waals surface area contributed by atoms with E-state index in [2.05, 4.69) is 22.4 Å². The van der Waals surface area contributed by atoms with Gasteiger partial charge in [-0.3, -0.25) is 0 Å². The minimum absolute atomic E-state index is 0.0419. The van der Waals surface area contributed by atoms with Gasteiger partial charge in [0.25, 0.3) is 0 Å². The molecule has 4 nitrogen and oxygen atoms in total. The third kappa shape index (κ3) is 2.12. The second-order valence-electron chi connectivity index (χ2n) is 6.82. The van der Waals surface area contributed by atoms with Crippen LogP contribution in [-0.4, -0.2) is 14.7 Å². The maximum atomic E-state index is 12.6. The molecule has 3 aromatic rings. The third-order valence-electron chi connectivity index (χ3n) is 5.20. The normalized spacial score (nSPS) is 16.6. The van der Waals surface area contributed by atoms with E-state index in [0.29, 0.717) is 5.57 Å². The largest absolute Gasteiger partial charge is 0.222 e. The van der Waals surface area contributed by atoms with Gasteiger partial charge >= 0.3 is 0 Å². The van der Waals surface area contributed by atoms with Crippen LogP contribution in [0.1, 0.15) is 16.7 Å². The molecule has 3 aromatic carbocycles. The second-order valence-corrected chi connectivity index (χ2v) is 8.75. The Bertz CT molecular complexity index is 1200. The topological polar surface area (TPSA) is 58.9 Å². The molecule has 1 heterocycles. The molecule has 0 saturated carbocycles. The van der Waals surface area contributed by atoms with Gasteiger partial charge in [0, 0.05) is 11.8 Å². The molecule has 5 heteroatoms. The van der Waals surface area contributed by atoms with E-state index in [1.54, 1.807) is 0 Å². The van der Waals surface area contributed by atoms with Crippen molar-refractivity contribution >= 4 is 15.4 Å². The van der Waals surface area contributed by atoms with E-state index in [4.69, 9.17) is 0 Å². The first-order valence-corrected chi connectivity index (χ1v) is 10.5. The molecule has 0 aromatic heterocycles. The summed E-state index contributed by atoms with van der Waals surface area (Å²) in [5, 5.41) is 8.88. The standard InChI is InChI=1S/C22H16N2O2S/c1-27(25,26)21-20(15-9-3-2-4-10-15)22(24-23-21)18-13-7-5-11-16(18)17-12-6-8-14-19(17)22/h2-14H,1H3. The minimum Gasteiger partial charge on any atom is -0.222 e. The lowest BCUT2D eigenvalue weighted by molar-refractivity contribution is 0.607. The molecule has 0 amide bonds. The summed E-state index contributed by atoms with van der Waals surface area (Å²) in [6, 6.07) is 25.6. The highest BCUT2D eigenvalue weighted by molar-refractivity contribution is 7.94. The van der Waals surface area contributed by atoms with Gasteiger partial charge in [-0.1, -0.05) is 78.9 Å². The quantitative estimate of drug-likeness (QED) is 0.649. The summed E-state index contributed by atoms with van der Waals surface area (Å²) in [7, 11) is -3.55. The first-order valence-electron chi connectivity index (χ1n) is 8.66. The number of nitrogens with zero attached hydrogens (tertiary/aromatic N) is 2. The van der Waals surface area contributed by atoms with E-state index in [1.165, 1.54) is 6.26 Å². The lowest BCUT2D eigenvalue weighted by Crippen LogP contribution is -2.23. The van der Waals surface area contributed by atoms with E-state index in [1.807, 2.05) is 66.7 Å². The Balaban J connectivity index is 1.95. The van der Waals surface area contributed by atoms with Crippen LogP contribution < -0.4 is 0 Å². The molecule has 27 heavy (non-hydrogen) atoms. The summed E-state index contributed by atoms with van der Waals surface area (Å²) in [6.45, 7) is 0. The Morgan fingerprint density at radius 3 is 1.81 bits per heavy atom. The van der Waals surface area contributed by atoms with E-state index < -0.39 is 15.4 Å². The van der Waals surface area contributed by atoms with Crippen LogP contribution in [0.2, 0.25) is 0 Å². The van der Waals surface area contributed by atoms with Gasteiger partial charge in [-0.05, 0) is 27.8 Å². The lowest BCUT2D eigenvalue weighted by atomic mass is 9.79. The average molecular weight is 372 g/mol. The Labute approximate surface area is 157 Å². The Morgan fingerprint density at radius 1 is 0.741 bits per heavy atom. The predicted molar refractivity (Wildman–Crippen MR) is 106 cm³/mol. The summed E-state index contributed by atoms with van der Waals surface area (Å²) < 4.78 is 25.1. The van der Waals surface area contributed by atoms with E-state index >= 15 is 0 Å². The van der Waals surface area contributed by atoms with Gasteiger partial charge in [-0.15, -0.1) is 5.11 Å². The molecule has 0 saturated heterocycles. The van der Waals surface area contributed by atoms with Crippen molar-refractivity contribution in [2.45, 2.75) is 5.54 Å². The summed E-state index contributed by atoms with van der Waals surface area (Å²) in [5.74, 6) is 0. The van der Waals surface area contributed by atoms with Crippen molar-refractivity contribution in [3.63, 3.8) is 0 Å². The fourth-order valence-electron chi connectivity index (χ4n) is 4.16. The molecule has 1 aliphatic heterocycles. The Kier molecular flexibility index (Phi) is 3.27. The molecule has 0 unspecified atom stereocenters. The van der Waals surface area contributed by atoms with Crippen molar-refractivity contribution in [1.29, 1.82) is 0 Å². The van der Waals surface area contributed by atoms with Crippen molar-refractivity contribution < 1.29 is 8.42 Å². The number of hydrogen-bond acceptors (Lipinski definition) is 4. The maximum Gasteiger partial charge on any atom is 0.195 e. The monoisotopic (exact) mass is 372 g/mol. The van der Waals surface area contributed by atoms with Gasteiger partial charge in [0.05, 0.1) is 0 Å². The molecular formula is C22H16N2O2S. The zero-order chi connectivity index (χ0) is 18.6. The summed E-state index contributed by atoms with van der Waals surface area (Å²) in [6.07, 6.45) is 1.19. The zero-order valence-corrected chi connectivity index (χ0v) is 15.4. The van der Waals surface area contributed by atoms with Crippen molar-refractivity contribution in [3.05, 3.63) is 101 Å². The first-order chi connectivity index (χ1) is 13.0. The van der Waals surface area contributed by atoms with Gasteiger partial charge in [0.2, 0.25) is 0 Å². The molecule has 1 spiro atoms. The molecule has 0 radical (unpaired) electrons. The first kappa shape index (κ1) is 16.1. The second kappa shape index (κ2) is 5.47. The Morgan fingerprint density at radius 2 is 1.26 bits per heavy atom. The molecule has 2 aliphatic rings. The molecular weight excluding hydrogens is 356 g/mol. The molecule has 0 fully saturated rings. The van der Waals surface area contributed by atoms with Crippen LogP contribution in [0.5, 0.6) is 0 Å². The highest BCUT2D eigenvalue weighted by Crippen LogP contribution is 2.59. The average Bonchev–Trinajstić information content (AvgIpc) is 3.22. The van der Waals surface area contributed by atoms with Gasteiger partial charge in [0.15, 0.2) is 20.4 Å². The lowest BCUT2D eigenvalue weighted by Gasteiger charge is -2.26. The molecule has 0 N–H and O–H groups in total. The SMILES string of the molecule is CS(=O)(=O)C1=C(c2ccccc2)C2(N=N1)c1ccccc1-c1ccccc12. The van der Waals surface area contributed by atoms with Crippen molar-refractivity contribution in [1.82, 2.24) is 0 Å². The van der Waals surface area contributed by atoms with Gasteiger partial charge < -0.3 is 0 Å². The minimum atomic E-state index is -3.55. The molecule has 132 valence electrons. The van der Waals surface area contributed by atoms with Crippen molar-refractivity contribution in [2.24, 2.45) is 10.2 Å². The number of fused-ring (bicyclic) bond motifs is 5. The molecule has 0 bridgehead atoms. The summed E-state index contributed by atoms with van der Waals surface area (Å²) in [4.78, 5) is 0. The van der Waals surface area contributed by atoms with E-state index in [-0.39, 0.29) is 5.03 Å². The molecule has 5 rings (SSSR count). The van der Waals surface area contributed by atoms with Crippen LogP contribution in [0.3, 0.4) is 0 Å². The Hall–Kier alpha value is -3.05. The van der Waals surface area contributed by atoms with Gasteiger partial charge in [-0.25, -0.2) is 8.42 Å². The fraction of sp³-hybridized carbons (Fsp3) is 0.0909. The number of rotatable bonds is 2. The number of hydrogen-bond donors (Lipinski definition) is 0. The zero-order valence-electron chi connectivity index (χ0n) is 14.6. The van der Waals surface area contributed by atoms with Crippen LogP contribution in [-0.2, 0) is 15.4 Å². The highest BCUT2D eigenvalue weighted by atomic mass is 32.2. The molecule has 0 atom stereocenters. The van der Waals surface area contributed by atoms with Crippen LogP contribution in [0.15, 0.2) is 94.1 Å². The van der Waals surface area contributed by atoms with Crippen LogP contribution in [0, 0.1) is 0 Å². The number of azo groups is 1. The third-order valence-corrected chi connectivity index (χ3v) is 6.19. The summed E-state index contributed by atoms with van der Waals surface area (Å²) >= 11 is 0. The van der Waals surface area contributed by atoms with Crippen LogP contribution in [0.25, 0.3) is 16.7 Å². The predicted octanol–water partition coefficient (Wildman–Crippen LogP) is 4.79. The number of sulfone groups is 1. The summed E-state index contributed by atoms with van der Waals surface area (Å²) in [5.41, 5.74) is 4.57. The van der Waals surface area contributed by atoms with Crippen molar-refractivity contribution in [2.75, 3.05) is 6.26 Å². The van der Waals surface area contributed by atoms with Crippen LogP contribution >= 0.6 is 0 Å². The number of benzene rings is 3. The van der Waals surface area contributed by atoms with Crippen LogP contribution in [0.4, 0.5) is 0 Å². The van der Waals surface area contributed by atoms with E-state index in [0.717, 1.165) is 27.8 Å². The molecule has 1 aliphatic carbocycles. The van der Waals surface area contributed by atoms with E-state index in [9.17, 15) is 8.42 Å². The van der Waals surface area contributed by atoms with Gasteiger partial charge in [-0.2, -0.15) is 5.11 Å². The fourth-order valence-corrected chi connectivity index (χ4v) is 4.99. The smallest absolute Gasteiger partial charge is 0.195 e. The maximum absolute atomic E-state index is 12.6. The van der Waals surface area contributed by atoms with Gasteiger partial charge in [0.1, 0.15) is 0 Å².